The van der Waals surface area contributed by atoms with Crippen LogP contribution in [0.4, 0.5) is 0 Å². The summed E-state index contributed by atoms with van der Waals surface area (Å²) in [5.41, 5.74) is -2.37. The number of nitrogens with one attached hydrogen (secondary N) is 1. The van der Waals surface area contributed by atoms with E-state index in [2.05, 4.69) is 5.32 Å². The van der Waals surface area contributed by atoms with E-state index in [0.29, 0.717) is 5.06 Å². The number of rotatable bonds is 6. The first-order valence-corrected chi connectivity index (χ1v) is 8.89. The number of ether oxygens (including phenoxy) is 1. The van der Waals surface area contributed by atoms with Gasteiger partial charge in [-0.25, -0.2) is 0 Å². The third-order valence-corrected chi connectivity index (χ3v) is 4.82. The van der Waals surface area contributed by atoms with Crippen LogP contribution in [0.2, 0.25) is 0 Å². The third kappa shape index (κ3) is 5.18. The van der Waals surface area contributed by atoms with Gasteiger partial charge < -0.3 is 20.0 Å². The molecule has 3 atom stereocenters. The van der Waals surface area contributed by atoms with E-state index < -0.39 is 58.7 Å². The summed E-state index contributed by atoms with van der Waals surface area (Å²) < 4.78 is 15.9. The van der Waals surface area contributed by atoms with E-state index in [1.165, 1.54) is 0 Å². The Balaban J connectivity index is 0.00000338. The van der Waals surface area contributed by atoms with Gasteiger partial charge in [0.1, 0.15) is 28.9 Å². The summed E-state index contributed by atoms with van der Waals surface area (Å²) in [6, 6.07) is -1.24. The Bertz CT molecular complexity index is 686. The monoisotopic (exact) mass is 436 g/mol. The molecule has 10 nitrogen and oxygen atoms in total. The molecule has 0 aromatic heterocycles. The fraction of sp³-hybridized carbons (Fsp3) is 0.500. The number of hydrogen-bond acceptors (Lipinski definition) is 8. The Morgan fingerprint density at radius 3 is 2.58 bits per heavy atom. The van der Waals surface area contributed by atoms with Crippen LogP contribution >= 0.6 is 23.2 Å². The minimum Gasteiger partial charge on any atom is -0.544 e. The molecular formula is C12H11Cl2N2NaO8S. The average molecular weight is 437 g/mol. The Morgan fingerprint density at radius 1 is 1.42 bits per heavy atom. The van der Waals surface area contributed by atoms with E-state index in [9.17, 15) is 28.5 Å². The molecule has 2 rings (SSSR count). The van der Waals surface area contributed by atoms with E-state index in [4.69, 9.17) is 32.8 Å². The van der Waals surface area contributed by atoms with Crippen LogP contribution in [-0.2, 0) is 39.6 Å². The predicted molar refractivity (Wildman–Crippen MR) is 80.6 cm³/mol. The summed E-state index contributed by atoms with van der Waals surface area (Å²) in [5, 5.41) is 14.9. The van der Waals surface area contributed by atoms with Gasteiger partial charge in [0.25, 0.3) is 11.6 Å². The minimum absolute atomic E-state index is 0. The minimum atomic E-state index is -2.37. The Morgan fingerprint density at radius 2 is 2.08 bits per heavy atom. The number of nitrogens with zero attached hydrogens (tertiary/aromatic N) is 1. The number of hydroxylamine groups is 2. The van der Waals surface area contributed by atoms with Gasteiger partial charge in [-0.15, -0.1) is 0 Å². The fourth-order valence-electron chi connectivity index (χ4n) is 2.25. The number of aliphatic carboxylic acids is 1. The maximum Gasteiger partial charge on any atom is 1.00 e. The standard InChI is InChI=1S/C12H12Cl2N2O8S.Na/c13-7(14)4-25(22)5-8(17)15-6-3-23-16(10(6)19)12(11(20)21)2-1-9(18)24-12;/h4,6H,1-3,5H2,(H,15,17)(H,20,21);/q;+1/p-1/t6-,12?,25?;/m0./s1. The largest absolute Gasteiger partial charge is 1.00 e. The number of hydrogen-bond donors (Lipinski definition) is 1. The van der Waals surface area contributed by atoms with Gasteiger partial charge in [0.05, 0.1) is 17.2 Å². The molecule has 2 fully saturated rings. The van der Waals surface area contributed by atoms with Crippen molar-refractivity contribution in [3.05, 3.63) is 9.90 Å². The van der Waals surface area contributed by atoms with Gasteiger partial charge in [0.15, 0.2) is 0 Å². The van der Waals surface area contributed by atoms with Crippen LogP contribution in [0.1, 0.15) is 12.8 Å². The van der Waals surface area contributed by atoms with Crippen molar-refractivity contribution in [2.45, 2.75) is 24.6 Å². The maximum atomic E-state index is 12.3. The van der Waals surface area contributed by atoms with Gasteiger partial charge >= 0.3 is 35.5 Å². The number of halogens is 2. The van der Waals surface area contributed by atoms with Crippen LogP contribution in [0, 0.1) is 0 Å². The zero-order chi connectivity index (χ0) is 18.8. The van der Waals surface area contributed by atoms with Crippen molar-refractivity contribution in [1.82, 2.24) is 10.4 Å². The zero-order valence-electron chi connectivity index (χ0n) is 13.4. The average Bonchev–Trinajstić information content (AvgIpc) is 3.03. The second-order valence-corrected chi connectivity index (χ2v) is 7.32. The molecule has 0 bridgehead atoms. The molecule has 0 aliphatic carbocycles. The molecule has 138 valence electrons. The third-order valence-electron chi connectivity index (χ3n) is 3.30. The van der Waals surface area contributed by atoms with Crippen LogP contribution in [0.3, 0.4) is 0 Å². The van der Waals surface area contributed by atoms with Crippen LogP contribution in [0.25, 0.3) is 0 Å². The van der Waals surface area contributed by atoms with Gasteiger partial charge in [0.2, 0.25) is 5.91 Å². The first kappa shape index (κ1) is 23.3. The van der Waals surface area contributed by atoms with Crippen molar-refractivity contribution in [3.63, 3.8) is 0 Å². The molecule has 0 aromatic carbocycles. The molecule has 14 heteroatoms. The van der Waals surface area contributed by atoms with Gasteiger partial charge in [-0.2, -0.15) is 5.06 Å². The topological polar surface area (TPSA) is 142 Å². The van der Waals surface area contributed by atoms with E-state index >= 15 is 0 Å². The number of amides is 2. The van der Waals surface area contributed by atoms with Crippen molar-refractivity contribution >= 4 is 57.8 Å². The van der Waals surface area contributed by atoms with E-state index in [-0.39, 0.29) is 46.9 Å². The second kappa shape index (κ2) is 9.49. The second-order valence-electron chi connectivity index (χ2n) is 5.03. The summed E-state index contributed by atoms with van der Waals surface area (Å²) in [4.78, 5) is 51.7. The normalized spacial score (nSPS) is 25.9. The number of carboxylic acids is 1. The Hall–Kier alpha value is -0.690. The van der Waals surface area contributed by atoms with Gasteiger partial charge in [0, 0.05) is 11.8 Å². The molecule has 2 unspecified atom stereocenters. The smallest absolute Gasteiger partial charge is 0.544 e. The molecule has 0 aromatic rings. The molecule has 1 N–H and O–H groups in total. The predicted octanol–water partition coefficient (Wildman–Crippen LogP) is -4.94. The Labute approximate surface area is 181 Å². The van der Waals surface area contributed by atoms with Crippen molar-refractivity contribution in [2.24, 2.45) is 0 Å². The first-order valence-electron chi connectivity index (χ1n) is 6.75. The quantitative estimate of drug-likeness (QED) is 0.322. The van der Waals surface area contributed by atoms with Crippen molar-refractivity contribution in [3.8, 4) is 0 Å². The van der Waals surface area contributed by atoms with Gasteiger partial charge in [-0.1, -0.05) is 23.2 Å². The van der Waals surface area contributed by atoms with Crippen molar-refractivity contribution in [1.29, 1.82) is 0 Å². The summed E-state index contributed by atoms with van der Waals surface area (Å²) in [7, 11) is -1.80. The molecule has 2 aliphatic rings. The molecule has 2 heterocycles. The SMILES string of the molecule is O=C(CS(=O)C=C(Cl)Cl)N[C@H]1CON(C2(C(=O)[O-])CCC(=O)O2)C1=O.[Na+]. The molecule has 0 saturated carbocycles. The number of carboxylic acid groups (broad SMARTS) is 1. The van der Waals surface area contributed by atoms with Gasteiger partial charge in [-0.3, -0.25) is 23.4 Å². The molecule has 0 radical (unpaired) electrons. The van der Waals surface area contributed by atoms with Crippen LogP contribution in [0.5, 0.6) is 0 Å². The maximum absolute atomic E-state index is 12.3. The molecule has 2 amide bonds. The number of carbonyl (C=O) groups excluding carboxylic acids is 4. The molecule has 2 saturated heterocycles. The van der Waals surface area contributed by atoms with Gasteiger partial charge in [-0.05, 0) is 0 Å². The molecule has 2 aliphatic heterocycles. The van der Waals surface area contributed by atoms with Crippen molar-refractivity contribution in [2.75, 3.05) is 12.4 Å². The Kier molecular flexibility index (Phi) is 8.52. The fourth-order valence-corrected chi connectivity index (χ4v) is 3.47. The zero-order valence-corrected chi connectivity index (χ0v) is 17.7. The van der Waals surface area contributed by atoms with E-state index in [1.54, 1.807) is 0 Å². The summed E-state index contributed by atoms with van der Waals surface area (Å²) >= 11 is 10.6. The van der Waals surface area contributed by atoms with E-state index in [0.717, 1.165) is 5.41 Å². The summed E-state index contributed by atoms with van der Waals surface area (Å²) in [6.45, 7) is -0.393. The van der Waals surface area contributed by atoms with Crippen molar-refractivity contribution < 1.29 is 67.6 Å². The number of carbonyl (C=O) groups is 4. The summed E-state index contributed by atoms with van der Waals surface area (Å²) in [6.07, 6.45) is -0.577. The van der Waals surface area contributed by atoms with E-state index in [1.807, 2.05) is 0 Å². The number of esters is 1. The van der Waals surface area contributed by atoms with Crippen LogP contribution in [0.15, 0.2) is 9.90 Å². The van der Waals surface area contributed by atoms with Crippen LogP contribution in [-0.4, -0.2) is 57.2 Å². The number of cyclic esters (lactones) is 1. The summed E-state index contributed by atoms with van der Waals surface area (Å²) in [5.74, 6) is -4.88. The molecular weight excluding hydrogens is 426 g/mol. The molecule has 0 spiro atoms. The van der Waals surface area contributed by atoms with Crippen LogP contribution < -0.4 is 40.0 Å². The first-order chi connectivity index (χ1) is 11.7. The molecule has 26 heavy (non-hydrogen) atoms.